The predicted molar refractivity (Wildman–Crippen MR) is 84.2 cm³/mol. The van der Waals surface area contributed by atoms with Gasteiger partial charge in [0.2, 0.25) is 0 Å². The van der Waals surface area contributed by atoms with E-state index in [9.17, 15) is 0 Å². The van der Waals surface area contributed by atoms with E-state index < -0.39 is 0 Å². The van der Waals surface area contributed by atoms with E-state index in [-0.39, 0.29) is 6.10 Å². The number of ether oxygens (including phenoxy) is 1. The van der Waals surface area contributed by atoms with Gasteiger partial charge in [-0.05, 0) is 58.4 Å². The highest BCUT2D eigenvalue weighted by molar-refractivity contribution is 5.27. The Labute approximate surface area is 123 Å². The van der Waals surface area contributed by atoms with Crippen LogP contribution in [0.15, 0.2) is 24.3 Å². The van der Waals surface area contributed by atoms with E-state index in [1.165, 1.54) is 31.5 Å². The Bertz CT molecular complexity index is 406. The summed E-state index contributed by atoms with van der Waals surface area (Å²) < 4.78 is 5.68. The molecule has 3 heteroatoms. The third-order valence-electron chi connectivity index (χ3n) is 4.26. The first kappa shape index (κ1) is 15.3. The van der Waals surface area contributed by atoms with Crippen LogP contribution in [0.2, 0.25) is 0 Å². The third kappa shape index (κ3) is 4.22. The van der Waals surface area contributed by atoms with Crippen LogP contribution in [0.4, 0.5) is 0 Å². The third-order valence-corrected chi connectivity index (χ3v) is 4.26. The molecule has 0 bridgehead atoms. The van der Waals surface area contributed by atoms with Crippen molar-refractivity contribution in [3.63, 3.8) is 0 Å². The van der Waals surface area contributed by atoms with Crippen LogP contribution >= 0.6 is 0 Å². The summed E-state index contributed by atoms with van der Waals surface area (Å²) in [5.41, 5.74) is 1.69. The molecule has 1 saturated heterocycles. The highest BCUT2D eigenvalue weighted by atomic mass is 16.5. The van der Waals surface area contributed by atoms with Crippen LogP contribution in [0.1, 0.15) is 39.2 Å². The molecule has 0 aromatic heterocycles. The molecule has 2 rings (SSSR count). The molecule has 1 fully saturated rings. The monoisotopic (exact) mass is 276 g/mol. The molecule has 0 amide bonds. The quantitative estimate of drug-likeness (QED) is 0.894. The van der Waals surface area contributed by atoms with E-state index >= 15 is 0 Å². The molecule has 112 valence electrons. The lowest BCUT2D eigenvalue weighted by Gasteiger charge is -2.39. The highest BCUT2D eigenvalue weighted by Crippen LogP contribution is 2.23. The zero-order valence-corrected chi connectivity index (χ0v) is 13.3. The summed E-state index contributed by atoms with van der Waals surface area (Å²) in [6.07, 6.45) is 2.68. The summed E-state index contributed by atoms with van der Waals surface area (Å²) in [5, 5.41) is 3.45. The Kier molecular flexibility index (Phi) is 5.06. The second-order valence-corrected chi connectivity index (χ2v) is 6.40. The fraction of sp³-hybridized carbons (Fsp3) is 0.647. The minimum Gasteiger partial charge on any atom is -0.491 e. The van der Waals surface area contributed by atoms with Crippen molar-refractivity contribution in [1.82, 2.24) is 10.2 Å². The maximum atomic E-state index is 5.68. The van der Waals surface area contributed by atoms with Crippen molar-refractivity contribution < 1.29 is 4.74 Å². The molecule has 1 N–H and O–H groups in total. The molecular weight excluding hydrogens is 248 g/mol. The normalized spacial score (nSPS) is 19.2. The second-order valence-electron chi connectivity index (χ2n) is 6.40. The van der Waals surface area contributed by atoms with Crippen molar-refractivity contribution >= 4 is 0 Å². The number of nitrogens with zero attached hydrogens (tertiary/aromatic N) is 1. The fourth-order valence-electron chi connectivity index (χ4n) is 2.66. The summed E-state index contributed by atoms with van der Waals surface area (Å²) in [5.74, 6) is 0.963. The van der Waals surface area contributed by atoms with Crippen LogP contribution in [-0.2, 0) is 6.54 Å². The van der Waals surface area contributed by atoms with E-state index in [0.717, 1.165) is 12.3 Å². The first-order valence-electron chi connectivity index (χ1n) is 7.68. The molecule has 1 aromatic rings. The Morgan fingerprint density at radius 1 is 1.20 bits per heavy atom. The van der Waals surface area contributed by atoms with Gasteiger partial charge >= 0.3 is 0 Å². The van der Waals surface area contributed by atoms with E-state index in [0.29, 0.717) is 5.54 Å². The first-order valence-corrected chi connectivity index (χ1v) is 7.68. The average molecular weight is 276 g/mol. The lowest BCUT2D eigenvalue weighted by atomic mass is 9.90. The van der Waals surface area contributed by atoms with Gasteiger partial charge < -0.3 is 10.1 Å². The summed E-state index contributed by atoms with van der Waals surface area (Å²) in [6.45, 7) is 9.81. The van der Waals surface area contributed by atoms with Crippen molar-refractivity contribution in [2.75, 3.05) is 20.1 Å². The van der Waals surface area contributed by atoms with Gasteiger partial charge in [0.25, 0.3) is 0 Å². The van der Waals surface area contributed by atoms with Gasteiger partial charge in [-0.15, -0.1) is 0 Å². The molecule has 0 unspecified atom stereocenters. The molecule has 1 aromatic carbocycles. The molecule has 0 spiro atoms. The molecule has 0 aliphatic carbocycles. The topological polar surface area (TPSA) is 24.5 Å². The van der Waals surface area contributed by atoms with Crippen molar-refractivity contribution in [3.8, 4) is 5.75 Å². The Morgan fingerprint density at radius 2 is 1.80 bits per heavy atom. The lowest BCUT2D eigenvalue weighted by molar-refractivity contribution is 0.146. The molecule has 1 heterocycles. The summed E-state index contributed by atoms with van der Waals surface area (Å²) >= 11 is 0. The van der Waals surface area contributed by atoms with Crippen molar-refractivity contribution in [2.24, 2.45) is 0 Å². The Balaban J connectivity index is 1.85. The summed E-state index contributed by atoms with van der Waals surface area (Å²) in [7, 11) is 2.07. The molecule has 1 aliphatic rings. The van der Waals surface area contributed by atoms with Crippen LogP contribution in [-0.4, -0.2) is 36.7 Å². The van der Waals surface area contributed by atoms with Gasteiger partial charge in [0.15, 0.2) is 0 Å². The van der Waals surface area contributed by atoms with Gasteiger partial charge in [-0.25, -0.2) is 0 Å². The first-order chi connectivity index (χ1) is 9.50. The lowest BCUT2D eigenvalue weighted by Crippen LogP contribution is -2.49. The fourth-order valence-corrected chi connectivity index (χ4v) is 2.66. The van der Waals surface area contributed by atoms with E-state index in [2.05, 4.69) is 62.3 Å². The van der Waals surface area contributed by atoms with Gasteiger partial charge in [0.1, 0.15) is 5.75 Å². The summed E-state index contributed by atoms with van der Waals surface area (Å²) in [6, 6.07) is 8.53. The maximum Gasteiger partial charge on any atom is 0.119 e. The number of hydrogen-bond donors (Lipinski definition) is 1. The smallest absolute Gasteiger partial charge is 0.119 e. The van der Waals surface area contributed by atoms with Crippen molar-refractivity contribution in [2.45, 2.75) is 51.8 Å². The van der Waals surface area contributed by atoms with Gasteiger partial charge in [0, 0.05) is 25.2 Å². The van der Waals surface area contributed by atoms with Crippen LogP contribution in [0.25, 0.3) is 0 Å². The number of nitrogens with one attached hydrogen (secondary N) is 1. The number of likely N-dealkylation sites (tertiary alicyclic amines) is 1. The van der Waals surface area contributed by atoms with E-state index in [1.807, 2.05) is 0 Å². The zero-order chi connectivity index (χ0) is 14.6. The van der Waals surface area contributed by atoms with Crippen molar-refractivity contribution in [1.29, 1.82) is 0 Å². The van der Waals surface area contributed by atoms with E-state index in [4.69, 9.17) is 4.74 Å². The van der Waals surface area contributed by atoms with Crippen LogP contribution in [0.3, 0.4) is 0 Å². The van der Waals surface area contributed by atoms with E-state index in [1.54, 1.807) is 0 Å². The Morgan fingerprint density at radius 3 is 2.30 bits per heavy atom. The SMILES string of the molecule is CNC1(C)CCN(Cc2ccc(OC(C)C)cc2)CC1. The molecule has 20 heavy (non-hydrogen) atoms. The number of benzene rings is 1. The number of piperidine rings is 1. The Hall–Kier alpha value is -1.06. The number of hydrogen-bond acceptors (Lipinski definition) is 3. The van der Waals surface area contributed by atoms with Gasteiger partial charge in [-0.1, -0.05) is 12.1 Å². The van der Waals surface area contributed by atoms with Gasteiger partial charge in [-0.3, -0.25) is 4.90 Å². The van der Waals surface area contributed by atoms with Gasteiger partial charge in [0.05, 0.1) is 6.10 Å². The highest BCUT2D eigenvalue weighted by Gasteiger charge is 2.27. The van der Waals surface area contributed by atoms with Gasteiger partial charge in [-0.2, -0.15) is 0 Å². The van der Waals surface area contributed by atoms with Crippen LogP contribution < -0.4 is 10.1 Å². The largest absolute Gasteiger partial charge is 0.491 e. The molecule has 0 radical (unpaired) electrons. The second kappa shape index (κ2) is 6.59. The van der Waals surface area contributed by atoms with Crippen LogP contribution in [0, 0.1) is 0 Å². The van der Waals surface area contributed by atoms with Crippen LogP contribution in [0.5, 0.6) is 5.75 Å². The minimum absolute atomic E-state index is 0.238. The molecule has 1 aliphatic heterocycles. The zero-order valence-electron chi connectivity index (χ0n) is 13.3. The molecular formula is C17H28N2O. The average Bonchev–Trinajstić information content (AvgIpc) is 2.43. The van der Waals surface area contributed by atoms with Crippen molar-refractivity contribution in [3.05, 3.63) is 29.8 Å². The molecule has 0 saturated carbocycles. The minimum atomic E-state index is 0.238. The maximum absolute atomic E-state index is 5.68. The molecule has 3 nitrogen and oxygen atoms in total. The summed E-state index contributed by atoms with van der Waals surface area (Å²) in [4.78, 5) is 2.54. The molecule has 0 atom stereocenters. The number of rotatable bonds is 5. The predicted octanol–water partition coefficient (Wildman–Crippen LogP) is 3.05. The standard InChI is InChI=1S/C17H28N2O/c1-14(2)20-16-7-5-15(6-8-16)13-19-11-9-17(3,18-4)10-12-19/h5-8,14,18H,9-13H2,1-4H3.